The number of pyridine rings is 1. The van der Waals surface area contributed by atoms with Crippen LogP contribution in [0.15, 0.2) is 55.0 Å². The first-order valence-electron chi connectivity index (χ1n) is 6.52. The highest BCUT2D eigenvalue weighted by Gasteiger charge is 2.04. The number of H-pyrrole nitrogens is 1. The molecule has 0 fully saturated rings. The fourth-order valence-electron chi connectivity index (χ4n) is 2.25. The number of nitrogens with zero attached hydrogens (tertiary/aromatic N) is 1. The van der Waals surface area contributed by atoms with Gasteiger partial charge in [-0.15, -0.1) is 0 Å². The van der Waals surface area contributed by atoms with E-state index in [0.29, 0.717) is 6.04 Å². The molecule has 19 heavy (non-hydrogen) atoms. The van der Waals surface area contributed by atoms with Crippen molar-refractivity contribution >= 4 is 10.9 Å². The van der Waals surface area contributed by atoms with Gasteiger partial charge in [0.25, 0.3) is 0 Å². The number of aromatic amines is 1. The molecule has 0 spiro atoms. The van der Waals surface area contributed by atoms with Gasteiger partial charge in [-0.2, -0.15) is 0 Å². The van der Waals surface area contributed by atoms with Gasteiger partial charge in [0.15, 0.2) is 0 Å². The molecule has 0 bridgehead atoms. The van der Waals surface area contributed by atoms with Crippen LogP contribution in [-0.2, 0) is 6.54 Å². The maximum absolute atomic E-state index is 4.04. The number of fused-ring (bicyclic) bond motifs is 1. The van der Waals surface area contributed by atoms with Crippen LogP contribution < -0.4 is 5.32 Å². The Morgan fingerprint density at radius 1 is 1.16 bits per heavy atom. The number of hydrogen-bond acceptors (Lipinski definition) is 2. The highest BCUT2D eigenvalue weighted by molar-refractivity contribution is 5.79. The van der Waals surface area contributed by atoms with Gasteiger partial charge in [0.2, 0.25) is 0 Å². The van der Waals surface area contributed by atoms with Crippen LogP contribution in [0.25, 0.3) is 10.9 Å². The summed E-state index contributed by atoms with van der Waals surface area (Å²) < 4.78 is 0. The Bertz CT molecular complexity index is 658. The molecule has 96 valence electrons. The Morgan fingerprint density at radius 3 is 2.84 bits per heavy atom. The highest BCUT2D eigenvalue weighted by atomic mass is 14.9. The Balaban J connectivity index is 1.68. The molecular weight excluding hydrogens is 234 g/mol. The van der Waals surface area contributed by atoms with Crippen molar-refractivity contribution in [2.75, 3.05) is 0 Å². The summed E-state index contributed by atoms with van der Waals surface area (Å²) >= 11 is 0. The summed E-state index contributed by atoms with van der Waals surface area (Å²) in [5.41, 5.74) is 3.74. The maximum atomic E-state index is 4.04. The molecule has 2 N–H and O–H groups in total. The molecule has 0 unspecified atom stereocenters. The normalized spacial score (nSPS) is 12.7. The van der Waals surface area contributed by atoms with E-state index in [9.17, 15) is 0 Å². The molecule has 0 saturated heterocycles. The molecule has 3 rings (SSSR count). The highest BCUT2D eigenvalue weighted by Crippen LogP contribution is 2.16. The Morgan fingerprint density at radius 2 is 2.00 bits per heavy atom. The molecule has 0 amide bonds. The van der Waals surface area contributed by atoms with E-state index in [4.69, 9.17) is 0 Å². The van der Waals surface area contributed by atoms with E-state index >= 15 is 0 Å². The zero-order chi connectivity index (χ0) is 13.1. The number of hydrogen-bond donors (Lipinski definition) is 2. The number of aromatic nitrogens is 2. The third kappa shape index (κ3) is 2.66. The van der Waals surface area contributed by atoms with E-state index < -0.39 is 0 Å². The summed E-state index contributed by atoms with van der Waals surface area (Å²) in [4.78, 5) is 7.29. The van der Waals surface area contributed by atoms with Gasteiger partial charge in [-0.3, -0.25) is 4.98 Å². The molecular formula is C16H17N3. The first kappa shape index (κ1) is 11.9. The minimum Gasteiger partial charge on any atom is -0.361 e. The molecule has 3 nitrogen and oxygen atoms in total. The van der Waals surface area contributed by atoms with Gasteiger partial charge in [-0.05, 0) is 47.7 Å². The van der Waals surface area contributed by atoms with Crippen molar-refractivity contribution < 1.29 is 0 Å². The fraction of sp³-hybridized carbons (Fsp3) is 0.188. The van der Waals surface area contributed by atoms with Crippen LogP contribution >= 0.6 is 0 Å². The van der Waals surface area contributed by atoms with Crippen molar-refractivity contribution in [3.8, 4) is 0 Å². The predicted molar refractivity (Wildman–Crippen MR) is 77.8 cm³/mol. The summed E-state index contributed by atoms with van der Waals surface area (Å²) in [6.45, 7) is 3.03. The van der Waals surface area contributed by atoms with Crippen LogP contribution in [0.1, 0.15) is 24.1 Å². The van der Waals surface area contributed by atoms with Crippen LogP contribution in [0.4, 0.5) is 0 Å². The smallest absolute Gasteiger partial charge is 0.0457 e. The second kappa shape index (κ2) is 5.24. The molecule has 0 aliphatic rings. The molecule has 2 heterocycles. The minimum absolute atomic E-state index is 0.322. The summed E-state index contributed by atoms with van der Waals surface area (Å²) in [7, 11) is 0. The molecule has 0 radical (unpaired) electrons. The number of nitrogens with one attached hydrogen (secondary N) is 2. The van der Waals surface area contributed by atoms with Gasteiger partial charge in [0, 0.05) is 36.7 Å². The van der Waals surface area contributed by atoms with Gasteiger partial charge < -0.3 is 10.3 Å². The van der Waals surface area contributed by atoms with E-state index in [0.717, 1.165) is 6.54 Å². The second-order valence-electron chi connectivity index (χ2n) is 4.78. The minimum atomic E-state index is 0.322. The second-order valence-corrected chi connectivity index (χ2v) is 4.78. The molecule has 0 saturated carbocycles. The van der Waals surface area contributed by atoms with Gasteiger partial charge >= 0.3 is 0 Å². The molecule has 1 atom stereocenters. The predicted octanol–water partition coefficient (Wildman–Crippen LogP) is 3.41. The van der Waals surface area contributed by atoms with E-state index in [-0.39, 0.29) is 0 Å². The van der Waals surface area contributed by atoms with Crippen LogP contribution in [-0.4, -0.2) is 9.97 Å². The topological polar surface area (TPSA) is 40.7 Å². The van der Waals surface area contributed by atoms with Crippen LogP contribution in [0.5, 0.6) is 0 Å². The van der Waals surface area contributed by atoms with Crippen molar-refractivity contribution in [1.82, 2.24) is 15.3 Å². The SMILES string of the molecule is C[C@H](NCc1ccc2cc[nH]c2c1)c1ccncc1. The van der Waals surface area contributed by atoms with Crippen molar-refractivity contribution in [1.29, 1.82) is 0 Å². The Labute approximate surface area is 112 Å². The summed E-state index contributed by atoms with van der Waals surface area (Å²) in [5.74, 6) is 0. The molecule has 1 aromatic carbocycles. The summed E-state index contributed by atoms with van der Waals surface area (Å²) in [6.07, 6.45) is 5.64. The van der Waals surface area contributed by atoms with Gasteiger partial charge in [-0.25, -0.2) is 0 Å². The zero-order valence-corrected chi connectivity index (χ0v) is 10.9. The van der Waals surface area contributed by atoms with E-state index in [1.54, 1.807) is 0 Å². The van der Waals surface area contributed by atoms with Crippen LogP contribution in [0, 0.1) is 0 Å². The third-order valence-electron chi connectivity index (χ3n) is 3.44. The Kier molecular flexibility index (Phi) is 3.29. The monoisotopic (exact) mass is 251 g/mol. The van der Waals surface area contributed by atoms with Crippen molar-refractivity contribution in [3.05, 3.63) is 66.1 Å². The standard InChI is InChI=1S/C16H17N3/c1-12(14-4-7-17-8-5-14)19-11-13-2-3-15-6-9-18-16(15)10-13/h2-10,12,18-19H,11H2,1H3/t12-/m0/s1. The van der Waals surface area contributed by atoms with Crippen LogP contribution in [0.2, 0.25) is 0 Å². The number of rotatable bonds is 4. The lowest BCUT2D eigenvalue weighted by atomic mass is 10.1. The van der Waals surface area contributed by atoms with Gasteiger partial charge in [-0.1, -0.05) is 12.1 Å². The average Bonchev–Trinajstić information content (AvgIpc) is 2.93. The third-order valence-corrected chi connectivity index (χ3v) is 3.44. The quantitative estimate of drug-likeness (QED) is 0.746. The lowest BCUT2D eigenvalue weighted by molar-refractivity contribution is 0.574. The first-order valence-corrected chi connectivity index (χ1v) is 6.52. The molecule has 3 heteroatoms. The van der Waals surface area contributed by atoms with Crippen molar-refractivity contribution in [2.24, 2.45) is 0 Å². The average molecular weight is 251 g/mol. The Hall–Kier alpha value is -2.13. The van der Waals surface area contributed by atoms with Crippen LogP contribution in [0.3, 0.4) is 0 Å². The molecule has 3 aromatic rings. The van der Waals surface area contributed by atoms with E-state index in [1.165, 1.54) is 22.0 Å². The fourth-order valence-corrected chi connectivity index (χ4v) is 2.25. The largest absolute Gasteiger partial charge is 0.361 e. The molecule has 0 aliphatic heterocycles. The van der Waals surface area contributed by atoms with Crippen molar-refractivity contribution in [2.45, 2.75) is 19.5 Å². The summed E-state index contributed by atoms with van der Waals surface area (Å²) in [5, 5.41) is 4.79. The van der Waals surface area contributed by atoms with E-state index in [2.05, 4.69) is 46.5 Å². The lowest BCUT2D eigenvalue weighted by Crippen LogP contribution is -2.17. The molecule has 2 aromatic heterocycles. The van der Waals surface area contributed by atoms with Gasteiger partial charge in [0.05, 0.1) is 0 Å². The van der Waals surface area contributed by atoms with Gasteiger partial charge in [0.1, 0.15) is 0 Å². The maximum Gasteiger partial charge on any atom is 0.0457 e. The lowest BCUT2D eigenvalue weighted by Gasteiger charge is -2.14. The molecule has 0 aliphatic carbocycles. The van der Waals surface area contributed by atoms with Crippen molar-refractivity contribution in [3.63, 3.8) is 0 Å². The van der Waals surface area contributed by atoms with E-state index in [1.807, 2.05) is 30.7 Å². The summed E-state index contributed by atoms with van der Waals surface area (Å²) in [6, 6.07) is 13.0. The zero-order valence-electron chi connectivity index (χ0n) is 10.9. The first-order chi connectivity index (χ1) is 9.33. The number of benzene rings is 1.